The molecule has 0 aromatic carbocycles. The molecule has 5 heteroatoms. The number of methoxy groups -OCH3 is 1. The Hall–Kier alpha value is -1.52. The average Bonchev–Trinajstić information content (AvgIpc) is 2.26. The van der Waals surface area contributed by atoms with E-state index in [0.717, 1.165) is 4.57 Å². The molecular formula is C7H9NO4. The van der Waals surface area contributed by atoms with Gasteiger partial charge in [-0.2, -0.15) is 0 Å². The van der Waals surface area contributed by atoms with Crippen LogP contribution in [0.1, 0.15) is 16.2 Å². The summed E-state index contributed by atoms with van der Waals surface area (Å²) in [6, 6.07) is 0. The normalized spacial score (nSPS) is 9.92. The van der Waals surface area contributed by atoms with Gasteiger partial charge in [0.25, 0.3) is 0 Å². The van der Waals surface area contributed by atoms with E-state index in [9.17, 15) is 9.59 Å². The van der Waals surface area contributed by atoms with E-state index in [1.54, 1.807) is 0 Å². The molecule has 5 nitrogen and oxygen atoms in total. The molecule has 12 heavy (non-hydrogen) atoms. The van der Waals surface area contributed by atoms with Crippen molar-refractivity contribution in [2.24, 2.45) is 7.05 Å². The standard InChI is InChI=1S/C7H9NO4/c1-4-5(6(9)11-3)8(2)7(10)12-4/h1-3H3. The number of hydrogen-bond donors (Lipinski definition) is 0. The van der Waals surface area contributed by atoms with Crippen LogP contribution in [-0.2, 0) is 11.8 Å². The lowest BCUT2D eigenvalue weighted by Gasteiger charge is -1.97. The Balaban J connectivity index is 3.32. The molecule has 1 aromatic heterocycles. The van der Waals surface area contributed by atoms with Gasteiger partial charge in [-0.25, -0.2) is 9.59 Å². The molecule has 1 aromatic rings. The van der Waals surface area contributed by atoms with Crippen LogP contribution >= 0.6 is 0 Å². The second-order valence-electron chi connectivity index (χ2n) is 2.32. The fourth-order valence-electron chi connectivity index (χ4n) is 0.953. The molecule has 0 saturated heterocycles. The molecule has 0 spiro atoms. The van der Waals surface area contributed by atoms with Crippen molar-refractivity contribution in [1.82, 2.24) is 4.57 Å². The maximum atomic E-state index is 11.0. The number of hydrogen-bond acceptors (Lipinski definition) is 4. The minimum absolute atomic E-state index is 0.155. The maximum absolute atomic E-state index is 11.0. The summed E-state index contributed by atoms with van der Waals surface area (Å²) in [5.41, 5.74) is 0.155. The van der Waals surface area contributed by atoms with E-state index in [-0.39, 0.29) is 11.5 Å². The van der Waals surface area contributed by atoms with E-state index in [1.807, 2.05) is 0 Å². The number of oxazole rings is 1. The first-order valence-corrected chi connectivity index (χ1v) is 3.32. The topological polar surface area (TPSA) is 61.4 Å². The van der Waals surface area contributed by atoms with Gasteiger partial charge < -0.3 is 9.15 Å². The predicted molar refractivity (Wildman–Crippen MR) is 40.0 cm³/mol. The van der Waals surface area contributed by atoms with Gasteiger partial charge in [0, 0.05) is 7.05 Å². The first kappa shape index (κ1) is 8.58. The molecule has 0 atom stereocenters. The monoisotopic (exact) mass is 171 g/mol. The Bertz CT molecular complexity index is 360. The molecule has 0 unspecified atom stereocenters. The quantitative estimate of drug-likeness (QED) is 0.561. The Morgan fingerprint density at radius 3 is 2.50 bits per heavy atom. The van der Waals surface area contributed by atoms with E-state index in [0.29, 0.717) is 0 Å². The number of aryl methyl sites for hydroxylation is 1. The molecule has 0 saturated carbocycles. The number of rotatable bonds is 1. The van der Waals surface area contributed by atoms with E-state index in [4.69, 9.17) is 0 Å². The number of ether oxygens (including phenoxy) is 1. The SMILES string of the molecule is COC(=O)c1c(C)oc(=O)n1C. The summed E-state index contributed by atoms with van der Waals surface area (Å²) < 4.78 is 10.2. The number of esters is 1. The largest absolute Gasteiger partial charge is 0.464 e. The van der Waals surface area contributed by atoms with E-state index in [1.165, 1.54) is 21.1 Å². The smallest absolute Gasteiger partial charge is 0.419 e. The summed E-state index contributed by atoms with van der Waals surface area (Å²) in [4.78, 5) is 21.9. The first-order chi connectivity index (χ1) is 5.57. The van der Waals surface area contributed by atoms with Crippen molar-refractivity contribution in [3.05, 3.63) is 22.0 Å². The van der Waals surface area contributed by atoms with Crippen molar-refractivity contribution in [3.63, 3.8) is 0 Å². The highest BCUT2D eigenvalue weighted by atomic mass is 16.5. The summed E-state index contributed by atoms with van der Waals surface area (Å²) in [5, 5.41) is 0. The predicted octanol–water partition coefficient (Wildman–Crippen LogP) is 0.0733. The lowest BCUT2D eigenvalue weighted by molar-refractivity contribution is 0.0588. The van der Waals surface area contributed by atoms with E-state index in [2.05, 4.69) is 9.15 Å². The van der Waals surface area contributed by atoms with Gasteiger partial charge in [-0.3, -0.25) is 4.57 Å². The van der Waals surface area contributed by atoms with Crippen molar-refractivity contribution in [3.8, 4) is 0 Å². The van der Waals surface area contributed by atoms with Gasteiger partial charge in [-0.05, 0) is 6.92 Å². The fraction of sp³-hybridized carbons (Fsp3) is 0.429. The highest BCUT2D eigenvalue weighted by Gasteiger charge is 2.18. The van der Waals surface area contributed by atoms with Crippen molar-refractivity contribution in [2.75, 3.05) is 7.11 Å². The van der Waals surface area contributed by atoms with Gasteiger partial charge in [-0.1, -0.05) is 0 Å². The molecule has 0 N–H and O–H groups in total. The van der Waals surface area contributed by atoms with Gasteiger partial charge >= 0.3 is 11.7 Å². The van der Waals surface area contributed by atoms with Crippen LogP contribution in [0.4, 0.5) is 0 Å². The summed E-state index contributed by atoms with van der Waals surface area (Å²) in [6.07, 6.45) is 0. The minimum Gasteiger partial charge on any atom is -0.464 e. The fourth-order valence-corrected chi connectivity index (χ4v) is 0.953. The summed E-state index contributed by atoms with van der Waals surface area (Å²) in [6.45, 7) is 1.54. The van der Waals surface area contributed by atoms with Crippen LogP contribution < -0.4 is 5.76 Å². The molecule has 0 aliphatic carbocycles. The summed E-state index contributed by atoms with van der Waals surface area (Å²) in [7, 11) is 2.70. The number of aromatic nitrogens is 1. The number of nitrogens with zero attached hydrogens (tertiary/aromatic N) is 1. The van der Waals surface area contributed by atoms with Gasteiger partial charge in [0.2, 0.25) is 0 Å². The molecule has 0 aliphatic heterocycles. The third-order valence-electron chi connectivity index (χ3n) is 1.56. The van der Waals surface area contributed by atoms with Gasteiger partial charge in [0.05, 0.1) is 7.11 Å². The Morgan fingerprint density at radius 1 is 1.58 bits per heavy atom. The second kappa shape index (κ2) is 2.84. The molecule has 0 bridgehead atoms. The van der Waals surface area contributed by atoms with Crippen LogP contribution in [0.2, 0.25) is 0 Å². The molecular weight excluding hydrogens is 162 g/mol. The second-order valence-corrected chi connectivity index (χ2v) is 2.32. The zero-order valence-electron chi connectivity index (χ0n) is 7.08. The molecule has 0 radical (unpaired) electrons. The Labute approximate surface area is 68.6 Å². The number of carbonyl (C=O) groups is 1. The average molecular weight is 171 g/mol. The van der Waals surface area contributed by atoms with Crippen LogP contribution in [0, 0.1) is 6.92 Å². The minimum atomic E-state index is -0.569. The highest BCUT2D eigenvalue weighted by molar-refractivity contribution is 5.88. The van der Waals surface area contributed by atoms with Crippen LogP contribution in [0.5, 0.6) is 0 Å². The molecule has 0 amide bonds. The molecule has 1 rings (SSSR count). The third kappa shape index (κ3) is 1.13. The Morgan fingerprint density at radius 2 is 2.17 bits per heavy atom. The van der Waals surface area contributed by atoms with E-state index >= 15 is 0 Å². The first-order valence-electron chi connectivity index (χ1n) is 3.32. The lowest BCUT2D eigenvalue weighted by atomic mass is 10.3. The summed E-state index contributed by atoms with van der Waals surface area (Å²) in [5.74, 6) is -0.858. The summed E-state index contributed by atoms with van der Waals surface area (Å²) >= 11 is 0. The lowest BCUT2D eigenvalue weighted by Crippen LogP contribution is -2.16. The van der Waals surface area contributed by atoms with Crippen LogP contribution in [0.15, 0.2) is 9.21 Å². The van der Waals surface area contributed by atoms with Crippen molar-refractivity contribution in [2.45, 2.75) is 6.92 Å². The molecule has 0 aliphatic rings. The van der Waals surface area contributed by atoms with Crippen LogP contribution in [-0.4, -0.2) is 17.6 Å². The van der Waals surface area contributed by atoms with Crippen LogP contribution in [0.3, 0.4) is 0 Å². The highest BCUT2D eigenvalue weighted by Crippen LogP contribution is 2.05. The maximum Gasteiger partial charge on any atom is 0.419 e. The van der Waals surface area contributed by atoms with Gasteiger partial charge in [-0.15, -0.1) is 0 Å². The zero-order valence-corrected chi connectivity index (χ0v) is 7.08. The van der Waals surface area contributed by atoms with Crippen molar-refractivity contribution < 1.29 is 13.9 Å². The molecule has 66 valence electrons. The van der Waals surface area contributed by atoms with Gasteiger partial charge in [0.15, 0.2) is 5.69 Å². The van der Waals surface area contributed by atoms with Gasteiger partial charge in [0.1, 0.15) is 5.76 Å². The molecule has 0 fully saturated rings. The Kier molecular flexibility index (Phi) is 2.03. The zero-order chi connectivity index (χ0) is 9.30. The number of carbonyl (C=O) groups excluding carboxylic acids is 1. The van der Waals surface area contributed by atoms with E-state index < -0.39 is 11.7 Å². The molecule has 1 heterocycles. The van der Waals surface area contributed by atoms with Crippen molar-refractivity contribution >= 4 is 5.97 Å². The third-order valence-corrected chi connectivity index (χ3v) is 1.56. The van der Waals surface area contributed by atoms with Crippen LogP contribution in [0.25, 0.3) is 0 Å². The van der Waals surface area contributed by atoms with Crippen molar-refractivity contribution in [1.29, 1.82) is 0 Å².